The predicted octanol–water partition coefficient (Wildman–Crippen LogP) is 1.04. The topological polar surface area (TPSA) is 140 Å². The second-order valence-electron chi connectivity index (χ2n) is 5.43. The lowest BCUT2D eigenvalue weighted by molar-refractivity contribution is -0.117. The summed E-state index contributed by atoms with van der Waals surface area (Å²) in [6.07, 6.45) is 1.59. The van der Waals surface area contributed by atoms with E-state index < -0.39 is 16.3 Å². The number of anilines is 1. The molecule has 136 valence electrons. The molecule has 25 heavy (non-hydrogen) atoms. The van der Waals surface area contributed by atoms with Gasteiger partial charge < -0.3 is 11.1 Å². The van der Waals surface area contributed by atoms with E-state index in [2.05, 4.69) is 15.0 Å². The normalized spacial score (nSPS) is 12.7. The summed E-state index contributed by atoms with van der Waals surface area (Å²) in [5.41, 5.74) is 7.63. The fourth-order valence-electron chi connectivity index (χ4n) is 2.11. The van der Waals surface area contributed by atoms with E-state index in [9.17, 15) is 13.2 Å². The van der Waals surface area contributed by atoms with Gasteiger partial charge >= 0.3 is 0 Å². The minimum Gasteiger partial charge on any atom is -0.320 e. The molecule has 0 bridgehead atoms. The zero-order valence-electron chi connectivity index (χ0n) is 13.5. The summed E-state index contributed by atoms with van der Waals surface area (Å²) in [7, 11) is -3.67. The Hall–Kier alpha value is -1.85. The molecule has 6 N–H and O–H groups in total. The van der Waals surface area contributed by atoms with Gasteiger partial charge in [-0.15, -0.1) is 11.3 Å². The van der Waals surface area contributed by atoms with Crippen molar-refractivity contribution in [2.45, 2.75) is 25.3 Å². The lowest BCUT2D eigenvalue weighted by atomic mass is 10.1. The van der Waals surface area contributed by atoms with Crippen molar-refractivity contribution in [2.24, 2.45) is 10.9 Å². The lowest BCUT2D eigenvalue weighted by Gasteiger charge is -2.10. The molecule has 1 amide bonds. The van der Waals surface area contributed by atoms with Crippen molar-refractivity contribution in [3.8, 4) is 11.3 Å². The van der Waals surface area contributed by atoms with Gasteiger partial charge in [-0.2, -0.15) is 8.42 Å². The Labute approximate surface area is 150 Å². The number of benzene rings is 1. The zero-order chi connectivity index (χ0) is 18.3. The molecule has 1 aromatic carbocycles. The Kier molecular flexibility index (Phi) is 7.02. The second-order valence-corrected chi connectivity index (χ2v) is 7.67. The molecule has 0 saturated heterocycles. The molecule has 0 radical (unpaired) electrons. The Bertz CT molecular complexity index is 793. The van der Waals surface area contributed by atoms with Gasteiger partial charge in [0.15, 0.2) is 5.13 Å². The zero-order valence-corrected chi connectivity index (χ0v) is 15.1. The fraction of sp³-hybridized carbons (Fsp3) is 0.333. The molecule has 10 heteroatoms. The van der Waals surface area contributed by atoms with Crippen molar-refractivity contribution in [1.82, 2.24) is 9.71 Å². The van der Waals surface area contributed by atoms with Gasteiger partial charge in [0.2, 0.25) is 5.91 Å². The van der Waals surface area contributed by atoms with Crippen molar-refractivity contribution in [3.05, 3.63) is 35.7 Å². The quantitative estimate of drug-likeness (QED) is 0.479. The van der Waals surface area contributed by atoms with Crippen LogP contribution >= 0.6 is 11.3 Å². The van der Waals surface area contributed by atoms with Gasteiger partial charge in [0.1, 0.15) is 0 Å². The molecule has 0 spiro atoms. The van der Waals surface area contributed by atoms with Gasteiger partial charge in [0, 0.05) is 17.5 Å². The van der Waals surface area contributed by atoms with Crippen LogP contribution in [0.1, 0.15) is 19.3 Å². The number of unbranched alkanes of at least 4 members (excludes halogenated alkanes) is 1. The third-order valence-electron chi connectivity index (χ3n) is 3.39. The number of aromatic nitrogens is 1. The maximum absolute atomic E-state index is 12.1. The van der Waals surface area contributed by atoms with Crippen molar-refractivity contribution in [2.75, 3.05) is 11.9 Å². The standard InChI is InChI=1S/C15H21N5O3S2/c16-12(8-4-5-9-18-25(17,22)23)14(21)20-15-19-13(10-24-15)11-6-2-1-3-7-11/h1-3,6-7,10,12,18H,4-5,8-9,16H2,(H2,17,22,23)(H,19,20,21). The molecule has 0 aliphatic carbocycles. The van der Waals surface area contributed by atoms with E-state index in [0.717, 1.165) is 11.3 Å². The molecule has 2 aromatic rings. The number of hydrogen-bond acceptors (Lipinski definition) is 6. The number of nitrogens with one attached hydrogen (secondary N) is 2. The minimum absolute atomic E-state index is 0.222. The van der Waals surface area contributed by atoms with E-state index in [1.807, 2.05) is 35.7 Å². The lowest BCUT2D eigenvalue weighted by Crippen LogP contribution is -2.36. The van der Waals surface area contributed by atoms with Gasteiger partial charge in [-0.05, 0) is 12.8 Å². The summed E-state index contributed by atoms with van der Waals surface area (Å²) in [4.78, 5) is 16.5. The number of hydrogen-bond donors (Lipinski definition) is 4. The number of carbonyl (C=O) groups is 1. The second kappa shape index (κ2) is 9.02. The fourth-order valence-corrected chi connectivity index (χ4v) is 3.26. The highest BCUT2D eigenvalue weighted by Gasteiger charge is 2.15. The Balaban J connectivity index is 1.77. The van der Waals surface area contributed by atoms with Crippen LogP contribution in [0, 0.1) is 0 Å². The summed E-state index contributed by atoms with van der Waals surface area (Å²) in [6, 6.07) is 8.99. The third kappa shape index (κ3) is 6.88. The molecule has 8 nitrogen and oxygen atoms in total. The Morgan fingerprint density at radius 3 is 2.64 bits per heavy atom. The van der Waals surface area contributed by atoms with Crippen LogP contribution in [0.15, 0.2) is 35.7 Å². The largest absolute Gasteiger partial charge is 0.320 e. The SMILES string of the molecule is NC(CCCCNS(N)(=O)=O)C(=O)Nc1nc(-c2ccccc2)cs1. The third-order valence-corrected chi connectivity index (χ3v) is 4.75. The van der Waals surface area contributed by atoms with Crippen LogP contribution in [0.25, 0.3) is 11.3 Å². The van der Waals surface area contributed by atoms with Crippen LogP contribution in [0.5, 0.6) is 0 Å². The van der Waals surface area contributed by atoms with E-state index in [0.29, 0.717) is 24.4 Å². The molecule has 0 aliphatic rings. The molecule has 0 saturated carbocycles. The molecule has 0 aliphatic heterocycles. The maximum Gasteiger partial charge on any atom is 0.274 e. The molecule has 1 aromatic heterocycles. The van der Waals surface area contributed by atoms with Gasteiger partial charge in [-0.25, -0.2) is 14.8 Å². The van der Waals surface area contributed by atoms with Crippen LogP contribution in [0.2, 0.25) is 0 Å². The number of amides is 1. The van der Waals surface area contributed by atoms with Gasteiger partial charge in [-0.3, -0.25) is 4.79 Å². The maximum atomic E-state index is 12.1. The summed E-state index contributed by atoms with van der Waals surface area (Å²) in [5.74, 6) is -0.312. The number of carbonyl (C=O) groups excluding carboxylic acids is 1. The Morgan fingerprint density at radius 2 is 1.96 bits per heavy atom. The van der Waals surface area contributed by atoms with Crippen LogP contribution in [-0.2, 0) is 15.0 Å². The number of nitrogens with two attached hydrogens (primary N) is 2. The van der Waals surface area contributed by atoms with Gasteiger partial charge in [-0.1, -0.05) is 36.8 Å². The first-order chi connectivity index (χ1) is 11.8. The molecule has 1 heterocycles. The van der Waals surface area contributed by atoms with E-state index in [4.69, 9.17) is 10.9 Å². The van der Waals surface area contributed by atoms with E-state index in [-0.39, 0.29) is 12.5 Å². The van der Waals surface area contributed by atoms with Crippen LogP contribution in [0.3, 0.4) is 0 Å². The first kappa shape index (κ1) is 19.5. The van der Waals surface area contributed by atoms with Gasteiger partial charge in [0.25, 0.3) is 10.2 Å². The Morgan fingerprint density at radius 1 is 1.24 bits per heavy atom. The van der Waals surface area contributed by atoms with E-state index in [1.54, 1.807) is 0 Å². The van der Waals surface area contributed by atoms with E-state index >= 15 is 0 Å². The van der Waals surface area contributed by atoms with Crippen LogP contribution in [-0.4, -0.2) is 31.9 Å². The summed E-state index contributed by atoms with van der Waals surface area (Å²) in [6.45, 7) is 0.222. The molecule has 1 unspecified atom stereocenters. The molecule has 0 fully saturated rings. The predicted molar refractivity (Wildman–Crippen MR) is 99.1 cm³/mol. The highest BCUT2D eigenvalue weighted by Crippen LogP contribution is 2.24. The summed E-state index contributed by atoms with van der Waals surface area (Å²) >= 11 is 1.34. The molecular formula is C15H21N5O3S2. The highest BCUT2D eigenvalue weighted by atomic mass is 32.2. The molecular weight excluding hydrogens is 362 g/mol. The van der Waals surface area contributed by atoms with Gasteiger partial charge in [0.05, 0.1) is 11.7 Å². The van der Waals surface area contributed by atoms with Crippen LogP contribution in [0.4, 0.5) is 5.13 Å². The smallest absolute Gasteiger partial charge is 0.274 e. The van der Waals surface area contributed by atoms with Crippen molar-refractivity contribution < 1.29 is 13.2 Å². The highest BCUT2D eigenvalue weighted by molar-refractivity contribution is 7.87. The summed E-state index contributed by atoms with van der Waals surface area (Å²) in [5, 5.41) is 9.90. The first-order valence-corrected chi connectivity index (χ1v) is 10.1. The first-order valence-electron chi connectivity index (χ1n) is 7.70. The minimum atomic E-state index is -3.67. The molecule has 1 atom stereocenters. The average Bonchev–Trinajstić information content (AvgIpc) is 3.02. The number of rotatable bonds is 9. The monoisotopic (exact) mass is 383 g/mol. The number of nitrogens with zero attached hydrogens (tertiary/aromatic N) is 1. The molecule has 2 rings (SSSR count). The van der Waals surface area contributed by atoms with Crippen LogP contribution < -0.4 is 20.9 Å². The average molecular weight is 383 g/mol. The van der Waals surface area contributed by atoms with Crippen molar-refractivity contribution >= 4 is 32.6 Å². The van der Waals surface area contributed by atoms with Crippen molar-refractivity contribution in [1.29, 1.82) is 0 Å². The van der Waals surface area contributed by atoms with Crippen molar-refractivity contribution in [3.63, 3.8) is 0 Å². The van der Waals surface area contributed by atoms with E-state index in [1.165, 1.54) is 11.3 Å². The summed E-state index contributed by atoms with van der Waals surface area (Å²) < 4.78 is 23.6. The number of thiazole rings is 1.